The van der Waals surface area contributed by atoms with Gasteiger partial charge in [0, 0.05) is 11.7 Å². The Kier molecular flexibility index (Phi) is 4.44. The van der Waals surface area contributed by atoms with Gasteiger partial charge in [-0.1, -0.05) is 13.8 Å². The van der Waals surface area contributed by atoms with Gasteiger partial charge in [0.2, 0.25) is 0 Å². The molecule has 3 unspecified atom stereocenters. The molecule has 1 aliphatic carbocycles. The quantitative estimate of drug-likeness (QED) is 0.888. The van der Waals surface area contributed by atoms with Crippen LogP contribution in [0.1, 0.15) is 57.0 Å². The number of hydrogen-bond donors (Lipinski definition) is 1. The number of nitrogens with zero attached hydrogens (tertiary/aromatic N) is 2. The van der Waals surface area contributed by atoms with E-state index in [-0.39, 0.29) is 0 Å². The zero-order chi connectivity index (χ0) is 13.1. The highest BCUT2D eigenvalue weighted by Crippen LogP contribution is 2.33. The molecule has 0 amide bonds. The summed E-state index contributed by atoms with van der Waals surface area (Å²) in [5.74, 6) is 0.818. The Bertz CT molecular complexity index is 381. The van der Waals surface area contributed by atoms with Crippen molar-refractivity contribution in [3.8, 4) is 0 Å². The molecule has 102 valence electrons. The standard InChI is InChI=1S/C15H27N3/c1-5-8-16-14-7-6-11(2)9-15(14)18-13(4)10-12(3)17-18/h10-11,14-16H,5-9H2,1-4H3. The lowest BCUT2D eigenvalue weighted by atomic mass is 9.83. The fourth-order valence-corrected chi connectivity index (χ4v) is 3.17. The van der Waals surface area contributed by atoms with Gasteiger partial charge in [-0.2, -0.15) is 5.10 Å². The Labute approximate surface area is 111 Å². The first-order chi connectivity index (χ1) is 8.61. The summed E-state index contributed by atoms with van der Waals surface area (Å²) >= 11 is 0. The zero-order valence-corrected chi connectivity index (χ0v) is 12.2. The van der Waals surface area contributed by atoms with E-state index < -0.39 is 0 Å². The predicted molar refractivity (Wildman–Crippen MR) is 75.8 cm³/mol. The van der Waals surface area contributed by atoms with Crippen LogP contribution in [0.2, 0.25) is 0 Å². The molecule has 0 saturated heterocycles. The van der Waals surface area contributed by atoms with Crippen molar-refractivity contribution < 1.29 is 0 Å². The van der Waals surface area contributed by atoms with Gasteiger partial charge < -0.3 is 5.32 Å². The molecular weight excluding hydrogens is 222 g/mol. The van der Waals surface area contributed by atoms with Crippen molar-refractivity contribution in [2.45, 2.75) is 65.5 Å². The van der Waals surface area contributed by atoms with Crippen LogP contribution in [0.25, 0.3) is 0 Å². The van der Waals surface area contributed by atoms with Crippen LogP contribution in [0, 0.1) is 19.8 Å². The molecule has 3 heteroatoms. The second kappa shape index (κ2) is 5.87. The van der Waals surface area contributed by atoms with Gasteiger partial charge in [0.25, 0.3) is 0 Å². The summed E-state index contributed by atoms with van der Waals surface area (Å²) in [5, 5.41) is 8.42. The Morgan fingerprint density at radius 1 is 1.39 bits per heavy atom. The van der Waals surface area contributed by atoms with Crippen LogP contribution in [0.4, 0.5) is 0 Å². The lowest BCUT2D eigenvalue weighted by Crippen LogP contribution is -2.42. The second-order valence-corrected chi connectivity index (χ2v) is 5.92. The lowest BCUT2D eigenvalue weighted by Gasteiger charge is -2.36. The SMILES string of the molecule is CCCNC1CCC(C)CC1n1nc(C)cc1C. The molecule has 1 aromatic heterocycles. The van der Waals surface area contributed by atoms with E-state index in [9.17, 15) is 0 Å². The van der Waals surface area contributed by atoms with E-state index in [1.807, 2.05) is 0 Å². The van der Waals surface area contributed by atoms with Gasteiger partial charge in [-0.05, 0) is 58.1 Å². The molecule has 3 nitrogen and oxygen atoms in total. The van der Waals surface area contributed by atoms with Crippen molar-refractivity contribution >= 4 is 0 Å². The Morgan fingerprint density at radius 3 is 2.78 bits per heavy atom. The van der Waals surface area contributed by atoms with E-state index in [0.29, 0.717) is 12.1 Å². The zero-order valence-electron chi connectivity index (χ0n) is 12.2. The summed E-state index contributed by atoms with van der Waals surface area (Å²) in [6, 6.07) is 3.32. The van der Waals surface area contributed by atoms with Crippen molar-refractivity contribution in [2.75, 3.05) is 6.54 Å². The fourth-order valence-electron chi connectivity index (χ4n) is 3.17. The monoisotopic (exact) mass is 249 g/mol. The van der Waals surface area contributed by atoms with Gasteiger partial charge in [0.1, 0.15) is 0 Å². The van der Waals surface area contributed by atoms with Gasteiger partial charge >= 0.3 is 0 Å². The molecule has 1 aliphatic rings. The summed E-state index contributed by atoms with van der Waals surface area (Å²) in [6.45, 7) is 9.99. The normalized spacial score (nSPS) is 28.6. The average Bonchev–Trinajstić information content (AvgIpc) is 2.67. The number of nitrogens with one attached hydrogen (secondary N) is 1. The third kappa shape index (κ3) is 2.94. The van der Waals surface area contributed by atoms with Crippen molar-refractivity contribution in [1.82, 2.24) is 15.1 Å². The van der Waals surface area contributed by atoms with Crippen LogP contribution in [-0.4, -0.2) is 22.4 Å². The van der Waals surface area contributed by atoms with Crippen molar-refractivity contribution in [2.24, 2.45) is 5.92 Å². The van der Waals surface area contributed by atoms with Crippen LogP contribution in [0.15, 0.2) is 6.07 Å². The molecule has 1 heterocycles. The smallest absolute Gasteiger partial charge is 0.0677 e. The molecule has 1 aromatic rings. The van der Waals surface area contributed by atoms with E-state index in [1.165, 1.54) is 31.4 Å². The second-order valence-electron chi connectivity index (χ2n) is 5.92. The molecule has 0 radical (unpaired) electrons. The van der Waals surface area contributed by atoms with Gasteiger partial charge in [0.15, 0.2) is 0 Å². The summed E-state index contributed by atoms with van der Waals surface area (Å²) in [5.41, 5.74) is 2.44. The molecule has 1 N–H and O–H groups in total. The average molecular weight is 249 g/mol. The molecule has 0 bridgehead atoms. The van der Waals surface area contributed by atoms with Crippen molar-refractivity contribution in [1.29, 1.82) is 0 Å². The molecule has 1 fully saturated rings. The maximum absolute atomic E-state index is 4.70. The van der Waals surface area contributed by atoms with Gasteiger partial charge in [-0.25, -0.2) is 0 Å². The Hall–Kier alpha value is -0.830. The highest BCUT2D eigenvalue weighted by Gasteiger charge is 2.30. The van der Waals surface area contributed by atoms with E-state index in [2.05, 4.69) is 43.8 Å². The van der Waals surface area contributed by atoms with Gasteiger partial charge in [0.05, 0.1) is 11.7 Å². The molecule has 0 spiro atoms. The largest absolute Gasteiger partial charge is 0.312 e. The first kappa shape index (κ1) is 13.6. The molecule has 18 heavy (non-hydrogen) atoms. The molecule has 1 saturated carbocycles. The van der Waals surface area contributed by atoms with Crippen LogP contribution in [0.5, 0.6) is 0 Å². The maximum atomic E-state index is 4.70. The van der Waals surface area contributed by atoms with Crippen LogP contribution in [-0.2, 0) is 0 Å². The van der Waals surface area contributed by atoms with E-state index >= 15 is 0 Å². The fraction of sp³-hybridized carbons (Fsp3) is 0.800. The summed E-state index contributed by atoms with van der Waals surface area (Å²) in [4.78, 5) is 0. The molecule has 0 aromatic carbocycles. The molecular formula is C15H27N3. The van der Waals surface area contributed by atoms with Gasteiger partial charge in [-0.15, -0.1) is 0 Å². The van der Waals surface area contributed by atoms with Crippen molar-refractivity contribution in [3.05, 3.63) is 17.5 Å². The number of rotatable bonds is 4. The predicted octanol–water partition coefficient (Wildman–Crippen LogP) is 3.23. The topological polar surface area (TPSA) is 29.9 Å². The Balaban J connectivity index is 2.16. The third-order valence-electron chi connectivity index (χ3n) is 4.09. The molecule has 2 rings (SSSR count). The van der Waals surface area contributed by atoms with Crippen LogP contribution >= 0.6 is 0 Å². The minimum Gasteiger partial charge on any atom is -0.312 e. The van der Waals surface area contributed by atoms with Crippen LogP contribution in [0.3, 0.4) is 0 Å². The number of hydrogen-bond acceptors (Lipinski definition) is 2. The minimum absolute atomic E-state index is 0.536. The van der Waals surface area contributed by atoms with E-state index in [1.54, 1.807) is 0 Å². The Morgan fingerprint density at radius 2 is 2.17 bits per heavy atom. The number of aromatic nitrogens is 2. The summed E-state index contributed by atoms with van der Waals surface area (Å²) < 4.78 is 2.26. The van der Waals surface area contributed by atoms with Crippen LogP contribution < -0.4 is 5.32 Å². The molecule has 3 atom stereocenters. The number of aryl methyl sites for hydroxylation is 2. The van der Waals surface area contributed by atoms with Gasteiger partial charge in [-0.3, -0.25) is 4.68 Å². The van der Waals surface area contributed by atoms with E-state index in [0.717, 1.165) is 18.2 Å². The summed E-state index contributed by atoms with van der Waals surface area (Å²) in [7, 11) is 0. The first-order valence-electron chi connectivity index (χ1n) is 7.38. The first-order valence-corrected chi connectivity index (χ1v) is 7.38. The van der Waals surface area contributed by atoms with Crippen molar-refractivity contribution in [3.63, 3.8) is 0 Å². The third-order valence-corrected chi connectivity index (χ3v) is 4.09. The highest BCUT2D eigenvalue weighted by molar-refractivity contribution is 5.09. The summed E-state index contributed by atoms with van der Waals surface area (Å²) in [6.07, 6.45) is 5.08. The minimum atomic E-state index is 0.536. The lowest BCUT2D eigenvalue weighted by molar-refractivity contribution is 0.201. The molecule has 0 aliphatic heterocycles. The van der Waals surface area contributed by atoms with E-state index in [4.69, 9.17) is 5.10 Å². The maximum Gasteiger partial charge on any atom is 0.0677 e. The highest BCUT2D eigenvalue weighted by atomic mass is 15.3.